The first kappa shape index (κ1) is 17.7. The SMILES string of the molecule is CCCc1oc2c(OC(C)F)cc(S(=O)CC)cc2c1CI. The average molecular weight is 438 g/mol. The molecule has 2 aromatic rings. The minimum absolute atomic E-state index is 0.331. The molecule has 2 atom stereocenters. The topological polar surface area (TPSA) is 39.4 Å². The van der Waals surface area contributed by atoms with Crippen LogP contribution in [0.4, 0.5) is 4.39 Å². The van der Waals surface area contributed by atoms with Crippen molar-refractivity contribution in [1.82, 2.24) is 0 Å². The number of hydrogen-bond donors (Lipinski definition) is 0. The molecule has 0 radical (unpaired) electrons. The molecule has 0 spiro atoms. The highest BCUT2D eigenvalue weighted by molar-refractivity contribution is 14.1. The van der Waals surface area contributed by atoms with Gasteiger partial charge in [0.15, 0.2) is 11.3 Å². The summed E-state index contributed by atoms with van der Waals surface area (Å²) in [5.74, 6) is 1.75. The normalized spacial score (nSPS) is 14.2. The van der Waals surface area contributed by atoms with Crippen molar-refractivity contribution in [3.05, 3.63) is 23.5 Å². The number of fused-ring (bicyclic) bond motifs is 1. The zero-order chi connectivity index (χ0) is 16.3. The highest BCUT2D eigenvalue weighted by Crippen LogP contribution is 2.37. The Labute approximate surface area is 146 Å². The van der Waals surface area contributed by atoms with Crippen LogP contribution in [0, 0.1) is 0 Å². The van der Waals surface area contributed by atoms with Crippen LogP contribution >= 0.6 is 22.6 Å². The van der Waals surface area contributed by atoms with E-state index in [1.54, 1.807) is 6.07 Å². The molecule has 2 unspecified atom stereocenters. The largest absolute Gasteiger partial charge is 0.457 e. The van der Waals surface area contributed by atoms with Crippen LogP contribution in [-0.2, 0) is 21.6 Å². The summed E-state index contributed by atoms with van der Waals surface area (Å²) in [4.78, 5) is 0.653. The zero-order valence-corrected chi connectivity index (χ0v) is 15.9. The summed E-state index contributed by atoms with van der Waals surface area (Å²) in [5, 5.41) is 0.882. The molecule has 6 heteroatoms. The summed E-state index contributed by atoms with van der Waals surface area (Å²) in [6.07, 6.45) is 0.341. The molecule has 0 bridgehead atoms. The van der Waals surface area contributed by atoms with Gasteiger partial charge in [-0.1, -0.05) is 36.4 Å². The Morgan fingerprint density at radius 3 is 2.68 bits per heavy atom. The first-order valence-electron chi connectivity index (χ1n) is 7.35. The fourth-order valence-corrected chi connectivity index (χ4v) is 4.03. The van der Waals surface area contributed by atoms with Crippen molar-refractivity contribution in [3.8, 4) is 5.75 Å². The van der Waals surface area contributed by atoms with Crippen LogP contribution in [0.1, 0.15) is 38.5 Å². The van der Waals surface area contributed by atoms with E-state index in [0.717, 1.165) is 34.0 Å². The van der Waals surface area contributed by atoms with Crippen LogP contribution < -0.4 is 4.74 Å². The lowest BCUT2D eigenvalue weighted by atomic mass is 10.1. The molecule has 0 saturated heterocycles. The summed E-state index contributed by atoms with van der Waals surface area (Å²) >= 11 is 2.29. The van der Waals surface area contributed by atoms with Gasteiger partial charge in [-0.05, 0) is 12.5 Å². The first-order chi connectivity index (χ1) is 10.5. The number of hydrogen-bond acceptors (Lipinski definition) is 3. The quantitative estimate of drug-likeness (QED) is 0.444. The fourth-order valence-electron chi connectivity index (χ4n) is 2.38. The van der Waals surface area contributed by atoms with E-state index in [4.69, 9.17) is 9.15 Å². The van der Waals surface area contributed by atoms with Crippen molar-refractivity contribution in [2.45, 2.75) is 49.3 Å². The van der Waals surface area contributed by atoms with Gasteiger partial charge in [-0.3, -0.25) is 4.21 Å². The molecule has 0 saturated carbocycles. The van der Waals surface area contributed by atoms with E-state index in [1.165, 1.54) is 6.92 Å². The molecule has 0 aliphatic heterocycles. The number of benzene rings is 1. The van der Waals surface area contributed by atoms with E-state index in [-0.39, 0.29) is 0 Å². The second-order valence-corrected chi connectivity index (χ2v) is 7.48. The standard InChI is InChI=1S/C16H20FIO3S/c1-4-6-14-13(9-18)12-7-11(22(19)5-2)8-15(16(12)21-14)20-10(3)17/h7-8,10H,4-6,9H2,1-3H3. The van der Waals surface area contributed by atoms with Crippen molar-refractivity contribution in [2.75, 3.05) is 5.75 Å². The van der Waals surface area contributed by atoms with Crippen LogP contribution in [0.2, 0.25) is 0 Å². The third-order valence-corrected chi connectivity index (χ3v) is 5.39. The second-order valence-electron chi connectivity index (χ2n) is 4.98. The Hall–Kier alpha value is -0.630. The van der Waals surface area contributed by atoms with Crippen molar-refractivity contribution in [1.29, 1.82) is 0 Å². The number of furan rings is 1. The maximum atomic E-state index is 13.3. The minimum Gasteiger partial charge on any atom is -0.457 e. The highest BCUT2D eigenvalue weighted by atomic mass is 127. The van der Waals surface area contributed by atoms with Gasteiger partial charge in [0.2, 0.25) is 6.36 Å². The Morgan fingerprint density at radius 1 is 1.41 bits per heavy atom. The second kappa shape index (κ2) is 7.77. The maximum Gasteiger partial charge on any atom is 0.236 e. The van der Waals surface area contributed by atoms with Gasteiger partial charge in [-0.15, -0.1) is 0 Å². The predicted octanol–water partition coefficient (Wildman–Crippen LogP) is 5.14. The molecule has 0 fully saturated rings. The summed E-state index contributed by atoms with van der Waals surface area (Å²) in [5.41, 5.74) is 1.64. The van der Waals surface area contributed by atoms with E-state index in [0.29, 0.717) is 22.0 Å². The third kappa shape index (κ3) is 3.64. The van der Waals surface area contributed by atoms with Crippen molar-refractivity contribution < 1.29 is 17.8 Å². The van der Waals surface area contributed by atoms with Gasteiger partial charge in [0.05, 0.1) is 10.8 Å². The summed E-state index contributed by atoms with van der Waals surface area (Å²) in [6.45, 7) is 5.27. The zero-order valence-electron chi connectivity index (χ0n) is 12.9. The Morgan fingerprint density at radius 2 is 2.14 bits per heavy atom. The molecule has 0 aliphatic rings. The number of rotatable bonds is 7. The van der Waals surface area contributed by atoms with Crippen molar-refractivity contribution in [3.63, 3.8) is 0 Å². The van der Waals surface area contributed by atoms with Gasteiger partial charge in [0, 0.05) is 45.4 Å². The molecule has 1 heterocycles. The Kier molecular flexibility index (Phi) is 6.26. The van der Waals surface area contributed by atoms with Gasteiger partial charge in [0.25, 0.3) is 0 Å². The monoisotopic (exact) mass is 438 g/mol. The summed E-state index contributed by atoms with van der Waals surface area (Å²) in [7, 11) is -1.12. The molecular weight excluding hydrogens is 418 g/mol. The fraction of sp³-hybridized carbons (Fsp3) is 0.500. The van der Waals surface area contributed by atoms with Crippen LogP contribution in [0.5, 0.6) is 5.75 Å². The van der Waals surface area contributed by atoms with Crippen molar-refractivity contribution in [2.24, 2.45) is 0 Å². The molecule has 1 aromatic heterocycles. The lowest BCUT2D eigenvalue weighted by molar-refractivity contribution is 0.0862. The molecule has 0 amide bonds. The first-order valence-corrected chi connectivity index (χ1v) is 10.2. The molecule has 0 N–H and O–H groups in total. The van der Waals surface area contributed by atoms with Crippen molar-refractivity contribution >= 4 is 44.4 Å². The van der Waals surface area contributed by atoms with Gasteiger partial charge in [-0.25, -0.2) is 4.39 Å². The summed E-state index contributed by atoms with van der Waals surface area (Å²) in [6, 6.07) is 3.52. The van der Waals surface area contributed by atoms with E-state index in [9.17, 15) is 8.60 Å². The molecule has 122 valence electrons. The van der Waals surface area contributed by atoms with Crippen LogP contribution in [0.15, 0.2) is 21.4 Å². The lowest BCUT2D eigenvalue weighted by Gasteiger charge is -2.09. The van der Waals surface area contributed by atoms with Crippen LogP contribution in [0.25, 0.3) is 11.0 Å². The Balaban J connectivity index is 2.70. The molecule has 2 rings (SSSR count). The highest BCUT2D eigenvalue weighted by Gasteiger charge is 2.20. The van der Waals surface area contributed by atoms with Gasteiger partial charge >= 0.3 is 0 Å². The third-order valence-electron chi connectivity index (χ3n) is 3.34. The van der Waals surface area contributed by atoms with Crippen LogP contribution in [0.3, 0.4) is 0 Å². The minimum atomic E-state index is -1.45. The summed E-state index contributed by atoms with van der Waals surface area (Å²) < 4.78 is 37.5. The lowest BCUT2D eigenvalue weighted by Crippen LogP contribution is -2.05. The predicted molar refractivity (Wildman–Crippen MR) is 96.1 cm³/mol. The van der Waals surface area contributed by atoms with Gasteiger partial charge in [-0.2, -0.15) is 0 Å². The molecular formula is C16H20FIO3S. The Bertz CT molecular complexity index is 682. The van der Waals surface area contributed by atoms with E-state index >= 15 is 0 Å². The number of ether oxygens (including phenoxy) is 1. The number of halogens is 2. The molecule has 0 aliphatic carbocycles. The average Bonchev–Trinajstić information content (AvgIpc) is 2.83. The molecule has 22 heavy (non-hydrogen) atoms. The van der Waals surface area contributed by atoms with E-state index in [2.05, 4.69) is 29.5 Å². The van der Waals surface area contributed by atoms with E-state index in [1.807, 2.05) is 13.0 Å². The molecule has 1 aromatic carbocycles. The maximum absolute atomic E-state index is 13.3. The van der Waals surface area contributed by atoms with Gasteiger partial charge < -0.3 is 9.15 Å². The van der Waals surface area contributed by atoms with Crippen LogP contribution in [-0.4, -0.2) is 16.3 Å². The molecule has 3 nitrogen and oxygen atoms in total. The van der Waals surface area contributed by atoms with Gasteiger partial charge in [0.1, 0.15) is 5.76 Å². The van der Waals surface area contributed by atoms with E-state index < -0.39 is 17.2 Å². The number of alkyl halides is 2. The smallest absolute Gasteiger partial charge is 0.236 e. The number of aryl methyl sites for hydroxylation is 1.